The third kappa shape index (κ3) is 1.05. The molecule has 0 saturated carbocycles. The Labute approximate surface area is 70.2 Å². The Hall–Kier alpha value is -1.45. The summed E-state index contributed by atoms with van der Waals surface area (Å²) in [5.74, 6) is 0.449. The van der Waals surface area contributed by atoms with Gasteiger partial charge in [-0.2, -0.15) is 10.2 Å². The zero-order valence-corrected chi connectivity index (χ0v) is 7.10. The summed E-state index contributed by atoms with van der Waals surface area (Å²) in [7, 11) is 0. The van der Waals surface area contributed by atoms with Crippen molar-refractivity contribution in [3.63, 3.8) is 0 Å². The molecule has 2 rings (SSSR count). The molecule has 0 aliphatic carbocycles. The topological polar surface area (TPSA) is 43.1 Å². The maximum atomic E-state index is 4.33. The molecule has 2 aromatic rings. The summed E-state index contributed by atoms with van der Waals surface area (Å²) in [6.07, 6.45) is 3.32. The van der Waals surface area contributed by atoms with Gasteiger partial charge < -0.3 is 0 Å². The first-order valence-electron chi connectivity index (χ1n) is 3.93. The standard InChI is InChI=1S/C8H10N4/c1-6(2)8-3-7-4-9-10-5-12(7)11-8/h3-6H,1-2H3. The highest BCUT2D eigenvalue weighted by molar-refractivity contribution is 5.44. The molecule has 0 radical (unpaired) electrons. The molecule has 0 aliphatic heterocycles. The average molecular weight is 162 g/mol. The minimum atomic E-state index is 0.449. The zero-order chi connectivity index (χ0) is 8.55. The van der Waals surface area contributed by atoms with Gasteiger partial charge in [0.25, 0.3) is 0 Å². The molecule has 0 fully saturated rings. The smallest absolute Gasteiger partial charge is 0.140 e. The minimum Gasteiger partial charge on any atom is -0.219 e. The van der Waals surface area contributed by atoms with Crippen molar-refractivity contribution in [1.82, 2.24) is 19.8 Å². The summed E-state index contributed by atoms with van der Waals surface area (Å²) in [5.41, 5.74) is 2.07. The Morgan fingerprint density at radius 3 is 2.83 bits per heavy atom. The first kappa shape index (κ1) is 7.21. The molecule has 2 heterocycles. The molecule has 0 aliphatic rings. The third-order valence-electron chi connectivity index (χ3n) is 1.79. The van der Waals surface area contributed by atoms with Crippen molar-refractivity contribution in [2.24, 2.45) is 0 Å². The Kier molecular flexibility index (Phi) is 1.53. The van der Waals surface area contributed by atoms with Crippen LogP contribution in [-0.4, -0.2) is 19.8 Å². The van der Waals surface area contributed by atoms with Crippen LogP contribution in [0.15, 0.2) is 18.6 Å². The maximum Gasteiger partial charge on any atom is 0.140 e. The zero-order valence-electron chi connectivity index (χ0n) is 7.10. The van der Waals surface area contributed by atoms with E-state index in [9.17, 15) is 0 Å². The maximum absolute atomic E-state index is 4.33. The molecule has 0 spiro atoms. The lowest BCUT2D eigenvalue weighted by atomic mass is 10.1. The fraction of sp³-hybridized carbons (Fsp3) is 0.375. The molecule has 0 unspecified atom stereocenters. The van der Waals surface area contributed by atoms with E-state index in [1.807, 2.05) is 6.07 Å². The molecule has 62 valence electrons. The highest BCUT2D eigenvalue weighted by Crippen LogP contribution is 2.13. The van der Waals surface area contributed by atoms with Gasteiger partial charge in [-0.25, -0.2) is 4.52 Å². The fourth-order valence-electron chi connectivity index (χ4n) is 1.07. The molecule has 0 saturated heterocycles. The predicted molar refractivity (Wildman–Crippen MR) is 44.9 cm³/mol. The van der Waals surface area contributed by atoms with Gasteiger partial charge in [0.15, 0.2) is 0 Å². The Morgan fingerprint density at radius 2 is 2.17 bits per heavy atom. The van der Waals surface area contributed by atoms with Crippen molar-refractivity contribution < 1.29 is 0 Å². The predicted octanol–water partition coefficient (Wildman–Crippen LogP) is 1.25. The van der Waals surface area contributed by atoms with Crippen LogP contribution in [0.4, 0.5) is 0 Å². The fourth-order valence-corrected chi connectivity index (χ4v) is 1.07. The second-order valence-electron chi connectivity index (χ2n) is 3.07. The van der Waals surface area contributed by atoms with E-state index in [1.165, 1.54) is 0 Å². The molecule has 0 aromatic carbocycles. The normalized spacial score (nSPS) is 11.2. The number of aromatic nitrogens is 4. The van der Waals surface area contributed by atoms with Crippen LogP contribution in [0.5, 0.6) is 0 Å². The summed E-state index contributed by atoms with van der Waals surface area (Å²) in [4.78, 5) is 0. The van der Waals surface area contributed by atoms with Gasteiger partial charge in [0.2, 0.25) is 0 Å². The molecule has 0 bridgehead atoms. The first-order chi connectivity index (χ1) is 5.77. The lowest BCUT2D eigenvalue weighted by Crippen LogP contribution is -1.92. The lowest BCUT2D eigenvalue weighted by Gasteiger charge is -1.94. The quantitative estimate of drug-likeness (QED) is 0.633. The van der Waals surface area contributed by atoms with Gasteiger partial charge >= 0.3 is 0 Å². The third-order valence-corrected chi connectivity index (χ3v) is 1.79. The van der Waals surface area contributed by atoms with Crippen molar-refractivity contribution in [2.45, 2.75) is 19.8 Å². The summed E-state index contributed by atoms with van der Waals surface area (Å²) in [6.45, 7) is 4.23. The number of hydrogen-bond acceptors (Lipinski definition) is 3. The number of fused-ring (bicyclic) bond motifs is 1. The second kappa shape index (κ2) is 2.55. The van der Waals surface area contributed by atoms with Crippen LogP contribution < -0.4 is 0 Å². The molecule has 0 N–H and O–H groups in total. The van der Waals surface area contributed by atoms with Gasteiger partial charge in [-0.1, -0.05) is 13.8 Å². The van der Waals surface area contributed by atoms with Crippen LogP contribution in [0, 0.1) is 0 Å². The van der Waals surface area contributed by atoms with Gasteiger partial charge in [0, 0.05) is 0 Å². The number of nitrogens with zero attached hydrogens (tertiary/aromatic N) is 4. The van der Waals surface area contributed by atoms with Crippen molar-refractivity contribution in [2.75, 3.05) is 0 Å². The van der Waals surface area contributed by atoms with E-state index in [0.29, 0.717) is 5.92 Å². The van der Waals surface area contributed by atoms with E-state index in [0.717, 1.165) is 11.2 Å². The van der Waals surface area contributed by atoms with Crippen LogP contribution in [0.1, 0.15) is 25.5 Å². The van der Waals surface area contributed by atoms with E-state index < -0.39 is 0 Å². The minimum absolute atomic E-state index is 0.449. The van der Waals surface area contributed by atoms with E-state index in [-0.39, 0.29) is 0 Å². The summed E-state index contributed by atoms with van der Waals surface area (Å²) >= 11 is 0. The molecule has 0 amide bonds. The van der Waals surface area contributed by atoms with Crippen molar-refractivity contribution >= 4 is 5.52 Å². The molecule has 4 heteroatoms. The van der Waals surface area contributed by atoms with Crippen molar-refractivity contribution in [3.8, 4) is 0 Å². The van der Waals surface area contributed by atoms with Crippen LogP contribution in [0.2, 0.25) is 0 Å². The molecule has 12 heavy (non-hydrogen) atoms. The van der Waals surface area contributed by atoms with Crippen LogP contribution in [0.25, 0.3) is 5.52 Å². The van der Waals surface area contributed by atoms with Gasteiger partial charge in [-0.05, 0) is 12.0 Å². The van der Waals surface area contributed by atoms with E-state index >= 15 is 0 Å². The first-order valence-corrected chi connectivity index (χ1v) is 3.93. The lowest BCUT2D eigenvalue weighted by molar-refractivity contribution is 0.773. The van der Waals surface area contributed by atoms with E-state index in [2.05, 4.69) is 29.1 Å². The van der Waals surface area contributed by atoms with Gasteiger partial charge in [0.05, 0.1) is 17.4 Å². The van der Waals surface area contributed by atoms with Crippen LogP contribution in [0.3, 0.4) is 0 Å². The van der Waals surface area contributed by atoms with Crippen LogP contribution in [-0.2, 0) is 0 Å². The second-order valence-corrected chi connectivity index (χ2v) is 3.07. The summed E-state index contributed by atoms with van der Waals surface area (Å²) < 4.78 is 1.74. The Bertz CT molecular complexity index is 358. The van der Waals surface area contributed by atoms with Crippen molar-refractivity contribution in [1.29, 1.82) is 0 Å². The highest BCUT2D eigenvalue weighted by Gasteiger charge is 2.04. The monoisotopic (exact) mass is 162 g/mol. The number of rotatable bonds is 1. The Morgan fingerprint density at radius 1 is 1.33 bits per heavy atom. The van der Waals surface area contributed by atoms with Gasteiger partial charge in [-0.15, -0.1) is 5.10 Å². The molecule has 4 nitrogen and oxygen atoms in total. The van der Waals surface area contributed by atoms with Gasteiger partial charge in [-0.3, -0.25) is 0 Å². The summed E-state index contributed by atoms with van der Waals surface area (Å²) in [6, 6.07) is 2.03. The highest BCUT2D eigenvalue weighted by atomic mass is 15.3. The molecular formula is C8H10N4. The Balaban J connectivity index is 2.62. The molecule has 2 aromatic heterocycles. The van der Waals surface area contributed by atoms with E-state index in [1.54, 1.807) is 17.0 Å². The SMILES string of the molecule is CC(C)c1cc2cnncn2n1. The average Bonchev–Trinajstić information content (AvgIpc) is 2.46. The van der Waals surface area contributed by atoms with Crippen molar-refractivity contribution in [3.05, 3.63) is 24.3 Å². The largest absolute Gasteiger partial charge is 0.219 e. The van der Waals surface area contributed by atoms with E-state index in [4.69, 9.17) is 0 Å². The summed E-state index contributed by atoms with van der Waals surface area (Å²) in [5, 5.41) is 11.8. The molecule has 0 atom stereocenters. The van der Waals surface area contributed by atoms with Gasteiger partial charge in [0.1, 0.15) is 6.33 Å². The van der Waals surface area contributed by atoms with Crippen LogP contribution >= 0.6 is 0 Å². The number of hydrogen-bond donors (Lipinski definition) is 0. The molecular weight excluding hydrogens is 152 g/mol.